The van der Waals surface area contributed by atoms with Gasteiger partial charge >= 0.3 is 0 Å². The van der Waals surface area contributed by atoms with Crippen molar-refractivity contribution in [2.75, 3.05) is 0 Å². The van der Waals surface area contributed by atoms with Crippen LogP contribution in [-0.2, 0) is 4.79 Å². The van der Waals surface area contributed by atoms with Gasteiger partial charge in [-0.25, -0.2) is 0 Å². The van der Waals surface area contributed by atoms with E-state index in [0.29, 0.717) is 11.1 Å². The van der Waals surface area contributed by atoms with Gasteiger partial charge in [0.25, 0.3) is 0 Å². The van der Waals surface area contributed by atoms with Gasteiger partial charge in [0, 0.05) is 34.8 Å². The Balaban J connectivity index is 1.67. The number of hydrogen-bond donors (Lipinski definition) is 2. The number of nitrogens with zero attached hydrogens (tertiary/aromatic N) is 1. The van der Waals surface area contributed by atoms with Crippen LogP contribution in [0.2, 0.25) is 0 Å². The molecule has 2 unspecified atom stereocenters. The van der Waals surface area contributed by atoms with Crippen LogP contribution >= 0.6 is 0 Å². The molecule has 5 heteroatoms. The number of carbonyl (C=O) groups excluding carboxylic acids is 2. The van der Waals surface area contributed by atoms with Crippen molar-refractivity contribution in [1.29, 1.82) is 0 Å². The second-order valence-electron chi connectivity index (χ2n) is 5.40. The molecule has 2 aromatic rings. The summed E-state index contributed by atoms with van der Waals surface area (Å²) in [7, 11) is 0. The highest BCUT2D eigenvalue weighted by molar-refractivity contribution is 6.51. The quantitative estimate of drug-likeness (QED) is 0.671. The highest BCUT2D eigenvalue weighted by atomic mass is 16.2. The summed E-state index contributed by atoms with van der Waals surface area (Å²) in [6.07, 6.45) is 8.70. The van der Waals surface area contributed by atoms with E-state index in [0.717, 1.165) is 10.9 Å². The third-order valence-corrected chi connectivity index (χ3v) is 4.04. The average Bonchev–Trinajstić information content (AvgIpc) is 3.19. The molecular formula is C17H13N3O2. The lowest BCUT2D eigenvalue weighted by molar-refractivity contribution is -0.111. The fourth-order valence-electron chi connectivity index (χ4n) is 2.85. The lowest BCUT2D eigenvalue weighted by Gasteiger charge is -2.16. The molecule has 0 saturated heterocycles. The highest BCUT2D eigenvalue weighted by Crippen LogP contribution is 2.23. The molecule has 0 fully saturated rings. The van der Waals surface area contributed by atoms with Crippen LogP contribution in [0.15, 0.2) is 59.4 Å². The van der Waals surface area contributed by atoms with Gasteiger partial charge in [-0.3, -0.25) is 9.59 Å². The molecule has 2 heterocycles. The number of hydrazone groups is 1. The van der Waals surface area contributed by atoms with E-state index >= 15 is 0 Å². The summed E-state index contributed by atoms with van der Waals surface area (Å²) in [5.41, 5.74) is 4.62. The number of rotatable bonds is 3. The maximum absolute atomic E-state index is 12.5. The van der Waals surface area contributed by atoms with Crippen molar-refractivity contribution in [2.24, 2.45) is 11.0 Å². The average molecular weight is 291 g/mol. The van der Waals surface area contributed by atoms with E-state index in [1.807, 2.05) is 30.3 Å². The molecule has 1 aliphatic heterocycles. The standard InChI is InChI=1S/C17H13N3O2/c21-16(10-5-6-14-11(7-10)8-19-20-14)17(22)13-9-18-15-4-2-1-3-12(13)15/h1-9,11,14,18,20H. The van der Waals surface area contributed by atoms with Gasteiger partial charge in [-0.15, -0.1) is 0 Å². The number of fused-ring (bicyclic) bond motifs is 2. The topological polar surface area (TPSA) is 74.3 Å². The molecule has 1 aliphatic carbocycles. The molecule has 0 bridgehead atoms. The summed E-state index contributed by atoms with van der Waals surface area (Å²) in [6.45, 7) is 0. The number of aromatic amines is 1. The lowest BCUT2D eigenvalue weighted by atomic mass is 9.90. The van der Waals surface area contributed by atoms with Gasteiger partial charge in [0.2, 0.25) is 11.6 Å². The Kier molecular flexibility index (Phi) is 2.79. The second-order valence-corrected chi connectivity index (χ2v) is 5.40. The predicted octanol–water partition coefficient (Wildman–Crippen LogP) is 1.99. The fraction of sp³-hybridized carbons (Fsp3) is 0.118. The molecule has 0 spiro atoms. The van der Waals surface area contributed by atoms with Crippen molar-refractivity contribution in [3.8, 4) is 0 Å². The third kappa shape index (κ3) is 1.90. The van der Waals surface area contributed by atoms with E-state index in [2.05, 4.69) is 15.5 Å². The number of carbonyl (C=O) groups is 2. The van der Waals surface area contributed by atoms with Crippen molar-refractivity contribution in [1.82, 2.24) is 10.4 Å². The van der Waals surface area contributed by atoms with Gasteiger partial charge in [0.1, 0.15) is 0 Å². The summed E-state index contributed by atoms with van der Waals surface area (Å²) in [6, 6.07) is 7.53. The zero-order valence-electron chi connectivity index (χ0n) is 11.6. The number of hydrogen-bond acceptors (Lipinski definition) is 4. The summed E-state index contributed by atoms with van der Waals surface area (Å²) in [5.74, 6) is -0.950. The van der Waals surface area contributed by atoms with E-state index < -0.39 is 11.6 Å². The number of H-pyrrole nitrogens is 1. The molecule has 2 atom stereocenters. The predicted molar refractivity (Wildman–Crippen MR) is 83.8 cm³/mol. The maximum Gasteiger partial charge on any atom is 0.235 e. The molecule has 4 rings (SSSR count). The minimum atomic E-state index is -0.491. The van der Waals surface area contributed by atoms with E-state index in [1.165, 1.54) is 0 Å². The molecule has 5 nitrogen and oxygen atoms in total. The minimum Gasteiger partial charge on any atom is -0.360 e. The summed E-state index contributed by atoms with van der Waals surface area (Å²) >= 11 is 0. The Morgan fingerprint density at radius 1 is 1.14 bits per heavy atom. The summed E-state index contributed by atoms with van der Waals surface area (Å²) in [4.78, 5) is 28.0. The summed E-state index contributed by atoms with van der Waals surface area (Å²) in [5, 5.41) is 4.75. The van der Waals surface area contributed by atoms with Crippen molar-refractivity contribution in [3.63, 3.8) is 0 Å². The number of para-hydroxylation sites is 1. The molecule has 1 aromatic carbocycles. The first-order valence-electron chi connectivity index (χ1n) is 7.08. The molecule has 0 saturated carbocycles. The van der Waals surface area contributed by atoms with Crippen molar-refractivity contribution in [2.45, 2.75) is 6.04 Å². The molecule has 0 amide bonds. The molecule has 22 heavy (non-hydrogen) atoms. The first kappa shape index (κ1) is 12.8. The molecular weight excluding hydrogens is 278 g/mol. The monoisotopic (exact) mass is 291 g/mol. The van der Waals surface area contributed by atoms with Crippen molar-refractivity contribution in [3.05, 3.63) is 59.8 Å². The number of ketones is 2. The highest BCUT2D eigenvalue weighted by Gasteiger charge is 2.28. The van der Waals surface area contributed by atoms with Gasteiger partial charge in [-0.1, -0.05) is 36.4 Å². The van der Waals surface area contributed by atoms with E-state index in [-0.39, 0.29) is 12.0 Å². The number of allylic oxidation sites excluding steroid dienone is 2. The number of Topliss-reactive ketones (excluding diaryl/α,β-unsaturated/α-hetero) is 2. The van der Waals surface area contributed by atoms with Crippen LogP contribution in [-0.4, -0.2) is 28.8 Å². The minimum absolute atomic E-state index is 0.0275. The first-order valence-corrected chi connectivity index (χ1v) is 7.08. The smallest absolute Gasteiger partial charge is 0.235 e. The first-order chi connectivity index (χ1) is 10.7. The van der Waals surface area contributed by atoms with Crippen molar-refractivity contribution >= 4 is 28.7 Å². The Morgan fingerprint density at radius 2 is 2.00 bits per heavy atom. The maximum atomic E-state index is 12.5. The molecule has 2 N–H and O–H groups in total. The Hall–Kier alpha value is -2.95. The zero-order valence-corrected chi connectivity index (χ0v) is 11.6. The largest absolute Gasteiger partial charge is 0.360 e. The van der Waals surface area contributed by atoms with E-state index in [1.54, 1.807) is 24.6 Å². The van der Waals surface area contributed by atoms with Crippen LogP contribution in [0.5, 0.6) is 0 Å². The van der Waals surface area contributed by atoms with Crippen molar-refractivity contribution < 1.29 is 9.59 Å². The molecule has 1 aromatic heterocycles. The Bertz CT molecular complexity index is 873. The van der Waals surface area contributed by atoms with Gasteiger partial charge < -0.3 is 10.4 Å². The molecule has 2 aliphatic rings. The normalized spacial score (nSPS) is 22.3. The van der Waals surface area contributed by atoms with Crippen LogP contribution in [0.25, 0.3) is 10.9 Å². The van der Waals surface area contributed by atoms with Crippen LogP contribution in [0.3, 0.4) is 0 Å². The van der Waals surface area contributed by atoms with Crippen LogP contribution < -0.4 is 5.43 Å². The molecule has 108 valence electrons. The van der Waals surface area contributed by atoms with E-state index in [9.17, 15) is 9.59 Å². The van der Waals surface area contributed by atoms with E-state index in [4.69, 9.17) is 0 Å². The molecule has 0 radical (unpaired) electrons. The van der Waals surface area contributed by atoms with Crippen LogP contribution in [0.4, 0.5) is 0 Å². The summed E-state index contributed by atoms with van der Waals surface area (Å²) < 4.78 is 0. The second kappa shape index (κ2) is 4.80. The third-order valence-electron chi connectivity index (χ3n) is 4.04. The van der Waals surface area contributed by atoms with Gasteiger partial charge in [0.15, 0.2) is 0 Å². The number of benzene rings is 1. The van der Waals surface area contributed by atoms with Gasteiger partial charge in [-0.05, 0) is 6.07 Å². The number of aromatic nitrogens is 1. The van der Waals surface area contributed by atoms with Gasteiger partial charge in [-0.2, -0.15) is 5.10 Å². The van der Waals surface area contributed by atoms with Crippen LogP contribution in [0, 0.1) is 5.92 Å². The van der Waals surface area contributed by atoms with Crippen LogP contribution in [0.1, 0.15) is 10.4 Å². The van der Waals surface area contributed by atoms with Gasteiger partial charge in [0.05, 0.1) is 11.6 Å². The number of nitrogens with one attached hydrogen (secondary N) is 2. The Labute approximate surface area is 126 Å². The lowest BCUT2D eigenvalue weighted by Crippen LogP contribution is -2.28. The Morgan fingerprint density at radius 3 is 2.91 bits per heavy atom. The fourth-order valence-corrected chi connectivity index (χ4v) is 2.85. The SMILES string of the molecule is O=C(C(=O)c1c[nH]c2ccccc12)C1=CC2C=NNC2C=C1. The zero-order chi connectivity index (χ0) is 15.1.